The normalized spacial score (nSPS) is 15.1. The first-order valence-electron chi connectivity index (χ1n) is 6.31. The predicted octanol–water partition coefficient (Wildman–Crippen LogP) is 2.75. The lowest BCUT2D eigenvalue weighted by molar-refractivity contribution is 0.464. The quantitative estimate of drug-likeness (QED) is 0.834. The van der Waals surface area contributed by atoms with E-state index in [2.05, 4.69) is 44.4 Å². The van der Waals surface area contributed by atoms with Crippen LogP contribution in [0, 0.1) is 13.8 Å². The average Bonchev–Trinajstić information content (AvgIpc) is 2.55. The van der Waals surface area contributed by atoms with Gasteiger partial charge in [-0.05, 0) is 45.6 Å². The van der Waals surface area contributed by atoms with Crippen LogP contribution in [0.4, 0.5) is 0 Å². The van der Waals surface area contributed by atoms with Gasteiger partial charge in [-0.15, -0.1) is 0 Å². The van der Waals surface area contributed by atoms with Gasteiger partial charge in [0, 0.05) is 17.8 Å². The summed E-state index contributed by atoms with van der Waals surface area (Å²) in [5, 5.41) is 4.63. The second-order valence-electron chi connectivity index (χ2n) is 4.72. The van der Waals surface area contributed by atoms with Crippen LogP contribution in [-0.2, 0) is 6.42 Å². The van der Waals surface area contributed by atoms with Crippen molar-refractivity contribution in [2.24, 2.45) is 5.73 Å². The lowest BCUT2D eigenvalue weighted by Gasteiger charge is -2.13. The van der Waals surface area contributed by atoms with E-state index in [0.29, 0.717) is 6.04 Å². The number of nitrogens with two attached hydrogens (primary N) is 1. The molecular weight excluding hydrogens is 198 g/mol. The van der Waals surface area contributed by atoms with Gasteiger partial charge in [-0.25, -0.2) is 0 Å². The van der Waals surface area contributed by atoms with E-state index in [1.54, 1.807) is 0 Å². The fourth-order valence-electron chi connectivity index (χ4n) is 2.00. The van der Waals surface area contributed by atoms with E-state index in [-0.39, 0.29) is 6.04 Å². The van der Waals surface area contributed by atoms with E-state index in [1.807, 2.05) is 0 Å². The van der Waals surface area contributed by atoms with Gasteiger partial charge in [-0.3, -0.25) is 4.68 Å². The van der Waals surface area contributed by atoms with Crippen LogP contribution < -0.4 is 5.73 Å². The molecule has 0 saturated heterocycles. The number of rotatable bonds is 5. The molecule has 16 heavy (non-hydrogen) atoms. The second-order valence-corrected chi connectivity index (χ2v) is 4.72. The van der Waals surface area contributed by atoms with E-state index >= 15 is 0 Å². The molecule has 0 radical (unpaired) electrons. The molecule has 2 N–H and O–H groups in total. The molecule has 0 aliphatic heterocycles. The molecule has 0 amide bonds. The van der Waals surface area contributed by atoms with Crippen molar-refractivity contribution in [3.63, 3.8) is 0 Å². The highest BCUT2D eigenvalue weighted by molar-refractivity contribution is 5.25. The number of aromatic nitrogens is 2. The zero-order valence-electron chi connectivity index (χ0n) is 11.2. The monoisotopic (exact) mass is 223 g/mol. The molecule has 0 aromatic carbocycles. The van der Waals surface area contributed by atoms with E-state index in [1.165, 1.54) is 11.3 Å². The molecule has 0 saturated carbocycles. The minimum atomic E-state index is 0.256. The highest BCUT2D eigenvalue weighted by Crippen LogP contribution is 2.20. The first kappa shape index (κ1) is 13.2. The van der Waals surface area contributed by atoms with Gasteiger partial charge in [0.05, 0.1) is 5.69 Å². The Kier molecular flexibility index (Phi) is 4.54. The summed E-state index contributed by atoms with van der Waals surface area (Å²) in [6, 6.07) is 0.734. The molecular formula is C13H25N3. The number of hydrogen-bond donors (Lipinski definition) is 1. The molecule has 3 nitrogen and oxygen atoms in total. The molecule has 92 valence electrons. The van der Waals surface area contributed by atoms with E-state index in [0.717, 1.165) is 25.0 Å². The summed E-state index contributed by atoms with van der Waals surface area (Å²) in [4.78, 5) is 0. The molecule has 1 aromatic rings. The molecule has 1 heterocycles. The molecule has 2 atom stereocenters. The third-order valence-electron chi connectivity index (χ3n) is 3.47. The molecule has 0 aliphatic rings. The Labute approximate surface area is 99.0 Å². The van der Waals surface area contributed by atoms with Gasteiger partial charge >= 0.3 is 0 Å². The Bertz CT molecular complexity index is 341. The first-order valence-corrected chi connectivity index (χ1v) is 6.31. The number of hydrogen-bond acceptors (Lipinski definition) is 2. The van der Waals surface area contributed by atoms with Crippen LogP contribution >= 0.6 is 0 Å². The standard InChI is InChI=1S/C13H25N3/c1-6-9(3)16-11(5)13(10(4)15-16)8-12(14)7-2/h9,12H,6-8,14H2,1-5H3. The maximum Gasteiger partial charge on any atom is 0.0629 e. The van der Waals surface area contributed by atoms with Crippen molar-refractivity contribution < 1.29 is 0 Å². The Morgan fingerprint density at radius 2 is 1.88 bits per heavy atom. The molecule has 0 bridgehead atoms. The number of aryl methyl sites for hydroxylation is 1. The lowest BCUT2D eigenvalue weighted by atomic mass is 10.0. The smallest absolute Gasteiger partial charge is 0.0629 e. The first-order chi connectivity index (χ1) is 7.51. The van der Waals surface area contributed by atoms with Crippen LogP contribution in [0.5, 0.6) is 0 Å². The van der Waals surface area contributed by atoms with Gasteiger partial charge in [-0.2, -0.15) is 5.10 Å². The maximum absolute atomic E-state index is 6.02. The number of nitrogens with zero attached hydrogens (tertiary/aromatic N) is 2. The van der Waals surface area contributed by atoms with E-state index in [9.17, 15) is 0 Å². The molecule has 0 aliphatic carbocycles. The topological polar surface area (TPSA) is 43.8 Å². The second kappa shape index (κ2) is 5.48. The summed E-state index contributed by atoms with van der Waals surface area (Å²) in [6.07, 6.45) is 3.08. The molecule has 3 heteroatoms. The fourth-order valence-corrected chi connectivity index (χ4v) is 2.00. The van der Waals surface area contributed by atoms with E-state index < -0.39 is 0 Å². The summed E-state index contributed by atoms with van der Waals surface area (Å²) in [7, 11) is 0. The van der Waals surface area contributed by atoms with Gasteiger partial charge in [-0.1, -0.05) is 13.8 Å². The van der Waals surface area contributed by atoms with Gasteiger partial charge in [0.25, 0.3) is 0 Å². The van der Waals surface area contributed by atoms with Crippen LogP contribution in [-0.4, -0.2) is 15.8 Å². The Balaban J connectivity index is 2.97. The van der Waals surface area contributed by atoms with Crippen molar-refractivity contribution in [1.29, 1.82) is 0 Å². The summed E-state index contributed by atoms with van der Waals surface area (Å²) in [5.41, 5.74) is 9.79. The van der Waals surface area contributed by atoms with Crippen LogP contribution in [0.15, 0.2) is 0 Å². The Hall–Kier alpha value is -0.830. The minimum Gasteiger partial charge on any atom is -0.327 e. The maximum atomic E-state index is 6.02. The van der Waals surface area contributed by atoms with Gasteiger partial charge in [0.1, 0.15) is 0 Å². The Morgan fingerprint density at radius 3 is 2.38 bits per heavy atom. The van der Waals surface area contributed by atoms with Crippen LogP contribution in [0.1, 0.15) is 56.6 Å². The molecule has 1 aromatic heterocycles. The van der Waals surface area contributed by atoms with Gasteiger partial charge in [0.15, 0.2) is 0 Å². The van der Waals surface area contributed by atoms with Crippen LogP contribution in [0.2, 0.25) is 0 Å². The molecule has 0 fully saturated rings. The van der Waals surface area contributed by atoms with Crippen molar-refractivity contribution in [3.8, 4) is 0 Å². The van der Waals surface area contributed by atoms with Gasteiger partial charge in [0.2, 0.25) is 0 Å². The van der Waals surface area contributed by atoms with Crippen molar-refractivity contribution in [2.75, 3.05) is 0 Å². The summed E-state index contributed by atoms with van der Waals surface area (Å²) in [5.74, 6) is 0. The zero-order chi connectivity index (χ0) is 12.3. The third-order valence-corrected chi connectivity index (χ3v) is 3.47. The average molecular weight is 223 g/mol. The third kappa shape index (κ3) is 2.64. The lowest BCUT2D eigenvalue weighted by Crippen LogP contribution is -2.22. The summed E-state index contributed by atoms with van der Waals surface area (Å²) in [6.45, 7) is 10.8. The van der Waals surface area contributed by atoms with Gasteiger partial charge < -0.3 is 5.73 Å². The van der Waals surface area contributed by atoms with Crippen molar-refractivity contribution in [1.82, 2.24) is 9.78 Å². The Morgan fingerprint density at radius 1 is 1.25 bits per heavy atom. The largest absolute Gasteiger partial charge is 0.327 e. The highest BCUT2D eigenvalue weighted by Gasteiger charge is 2.16. The fraction of sp³-hybridized carbons (Fsp3) is 0.769. The summed E-state index contributed by atoms with van der Waals surface area (Å²) >= 11 is 0. The predicted molar refractivity (Wildman–Crippen MR) is 68.7 cm³/mol. The van der Waals surface area contributed by atoms with Crippen molar-refractivity contribution >= 4 is 0 Å². The minimum absolute atomic E-state index is 0.256. The van der Waals surface area contributed by atoms with Crippen LogP contribution in [0.3, 0.4) is 0 Å². The molecule has 2 unspecified atom stereocenters. The van der Waals surface area contributed by atoms with Crippen molar-refractivity contribution in [2.45, 2.75) is 66.0 Å². The zero-order valence-corrected chi connectivity index (χ0v) is 11.2. The SMILES string of the molecule is CCC(N)Cc1c(C)nn(C(C)CC)c1C. The summed E-state index contributed by atoms with van der Waals surface area (Å²) < 4.78 is 2.15. The molecule has 1 rings (SSSR count). The van der Waals surface area contributed by atoms with E-state index in [4.69, 9.17) is 5.73 Å². The van der Waals surface area contributed by atoms with Crippen molar-refractivity contribution in [3.05, 3.63) is 17.0 Å². The molecule has 0 spiro atoms. The highest BCUT2D eigenvalue weighted by atomic mass is 15.3. The van der Waals surface area contributed by atoms with Crippen LogP contribution in [0.25, 0.3) is 0 Å².